The minimum absolute atomic E-state index is 0.0896. The highest BCUT2D eigenvalue weighted by atomic mass is 16.5. The van der Waals surface area contributed by atoms with Crippen LogP contribution in [-0.2, 0) is 4.79 Å². The fourth-order valence-corrected chi connectivity index (χ4v) is 2.65. The number of aryl methyl sites for hydroxylation is 1. The van der Waals surface area contributed by atoms with Crippen LogP contribution in [0.5, 0.6) is 5.75 Å². The molecule has 0 saturated carbocycles. The Labute approximate surface area is 167 Å². The van der Waals surface area contributed by atoms with E-state index in [2.05, 4.69) is 5.32 Å². The Balaban J connectivity index is 2.44. The third kappa shape index (κ3) is 5.74. The number of esters is 1. The minimum atomic E-state index is -0.581. The van der Waals surface area contributed by atoms with E-state index < -0.39 is 5.97 Å². The Morgan fingerprint density at radius 3 is 2.04 bits per heavy atom. The van der Waals surface area contributed by atoms with Crippen molar-refractivity contribution in [3.05, 3.63) is 82.6 Å². The van der Waals surface area contributed by atoms with Crippen molar-refractivity contribution in [2.75, 3.05) is 0 Å². The second kappa shape index (κ2) is 8.79. The number of carbonyl (C=O) groups is 1. The predicted molar refractivity (Wildman–Crippen MR) is 114 cm³/mol. The molecule has 2 aromatic rings. The van der Waals surface area contributed by atoms with Crippen LogP contribution >= 0.6 is 0 Å². The van der Waals surface area contributed by atoms with Crippen molar-refractivity contribution < 1.29 is 14.6 Å². The summed E-state index contributed by atoms with van der Waals surface area (Å²) in [6.07, 6.45) is 0. The van der Waals surface area contributed by atoms with Gasteiger partial charge in [0.05, 0.1) is 5.57 Å². The second-order valence-electron chi connectivity index (χ2n) is 7.92. The van der Waals surface area contributed by atoms with Crippen LogP contribution in [0, 0.1) is 6.92 Å². The van der Waals surface area contributed by atoms with Gasteiger partial charge in [-0.25, -0.2) is 4.79 Å². The highest BCUT2D eigenvalue weighted by Crippen LogP contribution is 2.25. The molecule has 148 valence electrons. The van der Waals surface area contributed by atoms with E-state index >= 15 is 0 Å². The standard InChI is InChI=1S/C24H29NO3/c1-16-12-14-19(15-13-16)21(25-24(4,5)6)17(2)22(26)18(3)23(27)28-20-10-8-7-9-11-20/h7-15,25-26H,1-6H3/b21-17-,22-18+. The van der Waals surface area contributed by atoms with Crippen molar-refractivity contribution in [3.8, 4) is 5.75 Å². The first kappa shape index (κ1) is 21.3. The van der Waals surface area contributed by atoms with E-state index in [1.807, 2.05) is 58.0 Å². The lowest BCUT2D eigenvalue weighted by Gasteiger charge is -2.26. The maximum atomic E-state index is 12.5. The number of hydrogen-bond donors (Lipinski definition) is 2. The molecule has 2 aromatic carbocycles. The molecule has 0 saturated heterocycles. The molecule has 0 fully saturated rings. The fraction of sp³-hybridized carbons (Fsp3) is 0.292. The third-order valence-corrected chi connectivity index (χ3v) is 4.19. The summed E-state index contributed by atoms with van der Waals surface area (Å²) in [6, 6.07) is 16.8. The predicted octanol–water partition coefficient (Wildman–Crippen LogP) is 5.55. The van der Waals surface area contributed by atoms with Crippen molar-refractivity contribution in [1.29, 1.82) is 0 Å². The van der Waals surface area contributed by atoms with E-state index in [0.29, 0.717) is 11.3 Å². The normalized spacial score (nSPS) is 13.4. The quantitative estimate of drug-likeness (QED) is 0.235. The third-order valence-electron chi connectivity index (χ3n) is 4.19. The maximum absolute atomic E-state index is 12.5. The van der Waals surface area contributed by atoms with Crippen LogP contribution in [0.1, 0.15) is 45.7 Å². The van der Waals surface area contributed by atoms with E-state index in [9.17, 15) is 9.90 Å². The summed E-state index contributed by atoms with van der Waals surface area (Å²) < 4.78 is 5.35. The molecule has 0 aliphatic heterocycles. The van der Waals surface area contributed by atoms with E-state index in [0.717, 1.165) is 16.8 Å². The molecule has 0 aromatic heterocycles. The van der Waals surface area contributed by atoms with E-state index in [1.165, 1.54) is 0 Å². The second-order valence-corrected chi connectivity index (χ2v) is 7.92. The van der Waals surface area contributed by atoms with Gasteiger partial charge >= 0.3 is 5.97 Å². The lowest BCUT2D eigenvalue weighted by atomic mass is 9.99. The zero-order valence-electron chi connectivity index (χ0n) is 17.5. The van der Waals surface area contributed by atoms with Gasteiger partial charge in [0.25, 0.3) is 0 Å². The summed E-state index contributed by atoms with van der Waals surface area (Å²) >= 11 is 0. The Morgan fingerprint density at radius 1 is 0.929 bits per heavy atom. The molecule has 0 spiro atoms. The molecule has 0 unspecified atom stereocenters. The van der Waals surface area contributed by atoms with Crippen LogP contribution in [0.2, 0.25) is 0 Å². The van der Waals surface area contributed by atoms with Gasteiger partial charge in [0.2, 0.25) is 0 Å². The van der Waals surface area contributed by atoms with Crippen LogP contribution in [-0.4, -0.2) is 16.6 Å². The van der Waals surface area contributed by atoms with Gasteiger partial charge in [-0.2, -0.15) is 0 Å². The molecule has 28 heavy (non-hydrogen) atoms. The lowest BCUT2D eigenvalue weighted by molar-refractivity contribution is -0.130. The largest absolute Gasteiger partial charge is 0.507 e. The summed E-state index contributed by atoms with van der Waals surface area (Å²) in [7, 11) is 0. The molecule has 4 heteroatoms. The number of benzene rings is 2. The maximum Gasteiger partial charge on any atom is 0.342 e. The van der Waals surface area contributed by atoms with Gasteiger partial charge in [-0.1, -0.05) is 48.0 Å². The number of carbonyl (C=O) groups excluding carboxylic acids is 1. The van der Waals surface area contributed by atoms with Gasteiger partial charge < -0.3 is 15.2 Å². The number of aliphatic hydroxyl groups is 1. The zero-order chi connectivity index (χ0) is 20.9. The van der Waals surface area contributed by atoms with Gasteiger partial charge in [0, 0.05) is 16.8 Å². The Hall–Kier alpha value is -3.01. The number of hydrogen-bond acceptors (Lipinski definition) is 4. The number of rotatable bonds is 5. The summed E-state index contributed by atoms with van der Waals surface area (Å²) in [6.45, 7) is 11.5. The first-order chi connectivity index (χ1) is 13.1. The molecule has 0 heterocycles. The van der Waals surface area contributed by atoms with E-state index in [1.54, 1.807) is 38.1 Å². The molecule has 0 amide bonds. The van der Waals surface area contributed by atoms with Crippen LogP contribution in [0.4, 0.5) is 0 Å². The Bertz CT molecular complexity index is 886. The first-order valence-electron chi connectivity index (χ1n) is 9.32. The molecule has 2 N–H and O–H groups in total. The highest BCUT2D eigenvalue weighted by Gasteiger charge is 2.20. The Kier molecular flexibility index (Phi) is 6.68. The number of aliphatic hydroxyl groups excluding tert-OH is 1. The van der Waals surface area contributed by atoms with Crippen LogP contribution in [0.25, 0.3) is 5.70 Å². The number of ether oxygens (including phenoxy) is 1. The summed E-state index contributed by atoms with van der Waals surface area (Å²) in [5, 5.41) is 14.2. The zero-order valence-corrected chi connectivity index (χ0v) is 17.5. The van der Waals surface area contributed by atoms with Crippen molar-refractivity contribution in [1.82, 2.24) is 5.32 Å². The van der Waals surface area contributed by atoms with Crippen LogP contribution < -0.4 is 10.1 Å². The van der Waals surface area contributed by atoms with Gasteiger partial charge in [-0.15, -0.1) is 0 Å². The van der Waals surface area contributed by atoms with Crippen molar-refractivity contribution in [2.45, 2.75) is 47.1 Å². The van der Waals surface area contributed by atoms with Crippen LogP contribution in [0.15, 0.2) is 71.5 Å². The smallest absolute Gasteiger partial charge is 0.342 e. The van der Waals surface area contributed by atoms with Gasteiger partial charge in [0.15, 0.2) is 0 Å². The highest BCUT2D eigenvalue weighted by molar-refractivity contribution is 5.91. The topological polar surface area (TPSA) is 58.6 Å². The van der Waals surface area contributed by atoms with Crippen molar-refractivity contribution >= 4 is 11.7 Å². The first-order valence-corrected chi connectivity index (χ1v) is 9.32. The molecular formula is C24H29NO3. The molecular weight excluding hydrogens is 350 g/mol. The summed E-state index contributed by atoms with van der Waals surface area (Å²) in [5.41, 5.74) is 3.38. The molecule has 0 aliphatic rings. The SMILES string of the molecule is CC(=C(/NC(C)(C)C)c1ccc(C)cc1)/C(O)=C(/C)C(=O)Oc1ccccc1. The van der Waals surface area contributed by atoms with E-state index in [4.69, 9.17) is 4.74 Å². The molecule has 0 radical (unpaired) electrons. The average Bonchev–Trinajstić information content (AvgIpc) is 2.65. The lowest BCUT2D eigenvalue weighted by Crippen LogP contribution is -2.35. The minimum Gasteiger partial charge on any atom is -0.507 e. The van der Waals surface area contributed by atoms with Gasteiger partial charge in [-0.05, 0) is 59.2 Å². The Morgan fingerprint density at radius 2 is 1.50 bits per heavy atom. The van der Waals surface area contributed by atoms with Gasteiger partial charge in [0.1, 0.15) is 11.5 Å². The van der Waals surface area contributed by atoms with Crippen molar-refractivity contribution in [3.63, 3.8) is 0 Å². The number of para-hydroxylation sites is 1. The summed E-state index contributed by atoms with van der Waals surface area (Å²) in [4.78, 5) is 12.5. The van der Waals surface area contributed by atoms with Gasteiger partial charge in [-0.3, -0.25) is 0 Å². The van der Waals surface area contributed by atoms with Crippen LogP contribution in [0.3, 0.4) is 0 Å². The number of allylic oxidation sites excluding steroid dienone is 1. The van der Waals surface area contributed by atoms with E-state index in [-0.39, 0.29) is 16.9 Å². The fourth-order valence-electron chi connectivity index (χ4n) is 2.65. The average molecular weight is 380 g/mol. The van der Waals surface area contributed by atoms with Crippen molar-refractivity contribution in [2.24, 2.45) is 0 Å². The molecule has 4 nitrogen and oxygen atoms in total. The molecule has 0 aliphatic carbocycles. The molecule has 0 bridgehead atoms. The summed E-state index contributed by atoms with van der Waals surface area (Å²) in [5.74, 6) is -0.233. The monoisotopic (exact) mass is 379 g/mol. The molecule has 2 rings (SSSR count). The number of nitrogens with one attached hydrogen (secondary N) is 1. The molecule has 0 atom stereocenters.